The number of aromatic nitrogens is 3. The van der Waals surface area contributed by atoms with E-state index in [1.165, 1.54) is 0 Å². The number of hydrogen-bond acceptors (Lipinski definition) is 4. The number of rotatable bonds is 3. The standard InChI is InChI=1S/C22H16N4OS/c1-13-11-14(21-26-19-7-4-10-23-22(19)28-21)8-9-17(13)25-20(27)16-12-24-18-6-3-2-5-15(16)18/h2-12,24H,1H3,(H,25,27). The summed E-state index contributed by atoms with van der Waals surface area (Å²) >= 11 is 1.56. The maximum atomic E-state index is 12.8. The van der Waals surface area contributed by atoms with Crippen molar-refractivity contribution in [1.82, 2.24) is 15.0 Å². The minimum atomic E-state index is -0.127. The molecule has 1 amide bonds. The van der Waals surface area contributed by atoms with Crippen molar-refractivity contribution in [2.24, 2.45) is 0 Å². The van der Waals surface area contributed by atoms with Crippen LogP contribution in [0.3, 0.4) is 0 Å². The maximum absolute atomic E-state index is 12.8. The summed E-state index contributed by atoms with van der Waals surface area (Å²) in [6.07, 6.45) is 3.52. The summed E-state index contributed by atoms with van der Waals surface area (Å²) in [5.74, 6) is -0.127. The number of anilines is 1. The second-order valence-electron chi connectivity index (χ2n) is 6.58. The molecule has 0 atom stereocenters. The Morgan fingerprint density at radius 3 is 2.86 bits per heavy atom. The Balaban J connectivity index is 1.44. The Hall–Kier alpha value is -3.51. The fourth-order valence-corrected chi connectivity index (χ4v) is 4.18. The van der Waals surface area contributed by atoms with E-state index in [4.69, 9.17) is 0 Å². The third-order valence-electron chi connectivity index (χ3n) is 4.72. The van der Waals surface area contributed by atoms with Crippen LogP contribution in [0.4, 0.5) is 5.69 Å². The molecule has 136 valence electrons. The van der Waals surface area contributed by atoms with Crippen LogP contribution >= 0.6 is 11.3 Å². The van der Waals surface area contributed by atoms with Crippen molar-refractivity contribution in [2.45, 2.75) is 6.92 Å². The second-order valence-corrected chi connectivity index (χ2v) is 7.56. The van der Waals surface area contributed by atoms with Gasteiger partial charge in [0.15, 0.2) is 0 Å². The molecule has 6 heteroatoms. The van der Waals surface area contributed by atoms with Crippen molar-refractivity contribution in [3.8, 4) is 10.6 Å². The van der Waals surface area contributed by atoms with Crippen LogP contribution in [0.15, 0.2) is 67.0 Å². The number of carbonyl (C=O) groups is 1. The van der Waals surface area contributed by atoms with Crippen LogP contribution in [0.25, 0.3) is 31.8 Å². The summed E-state index contributed by atoms with van der Waals surface area (Å²) in [7, 11) is 0. The molecule has 5 aromatic rings. The van der Waals surface area contributed by atoms with Gasteiger partial charge in [-0.05, 0) is 48.9 Å². The third kappa shape index (κ3) is 2.84. The average Bonchev–Trinajstić information content (AvgIpc) is 3.33. The lowest BCUT2D eigenvalue weighted by molar-refractivity contribution is 0.102. The first-order chi connectivity index (χ1) is 13.7. The van der Waals surface area contributed by atoms with Crippen molar-refractivity contribution >= 4 is 44.2 Å². The Kier molecular flexibility index (Phi) is 3.91. The smallest absolute Gasteiger partial charge is 0.257 e. The predicted octanol–water partition coefficient (Wildman–Crippen LogP) is 5.40. The van der Waals surface area contributed by atoms with Crippen molar-refractivity contribution in [1.29, 1.82) is 0 Å². The van der Waals surface area contributed by atoms with Gasteiger partial charge in [-0.25, -0.2) is 9.97 Å². The van der Waals surface area contributed by atoms with Gasteiger partial charge in [-0.15, -0.1) is 0 Å². The second kappa shape index (κ2) is 6.58. The van der Waals surface area contributed by atoms with Crippen molar-refractivity contribution in [3.05, 3.63) is 78.1 Å². The monoisotopic (exact) mass is 384 g/mol. The number of benzene rings is 2. The number of hydrogen-bond donors (Lipinski definition) is 2. The molecular weight excluding hydrogens is 368 g/mol. The van der Waals surface area contributed by atoms with Crippen LogP contribution in [0.5, 0.6) is 0 Å². The fourth-order valence-electron chi connectivity index (χ4n) is 3.28. The van der Waals surface area contributed by atoms with Crippen LogP contribution < -0.4 is 5.32 Å². The Morgan fingerprint density at radius 2 is 2.00 bits per heavy atom. The van der Waals surface area contributed by atoms with Gasteiger partial charge in [0.2, 0.25) is 0 Å². The van der Waals surface area contributed by atoms with Crippen LogP contribution in [0, 0.1) is 6.92 Å². The first-order valence-electron chi connectivity index (χ1n) is 8.89. The van der Waals surface area contributed by atoms with Crippen LogP contribution in [0.1, 0.15) is 15.9 Å². The number of carbonyl (C=O) groups excluding carboxylic acids is 1. The first kappa shape index (κ1) is 16.6. The molecule has 0 bridgehead atoms. The number of amides is 1. The summed E-state index contributed by atoms with van der Waals surface area (Å²) in [6, 6.07) is 17.6. The minimum absolute atomic E-state index is 0.127. The molecule has 0 radical (unpaired) electrons. The molecule has 0 spiro atoms. The highest BCUT2D eigenvalue weighted by molar-refractivity contribution is 7.21. The summed E-state index contributed by atoms with van der Waals surface area (Å²) in [4.78, 5) is 25.8. The van der Waals surface area contributed by atoms with E-state index in [0.717, 1.165) is 43.1 Å². The molecule has 2 N–H and O–H groups in total. The number of pyridine rings is 1. The van der Waals surface area contributed by atoms with Crippen molar-refractivity contribution in [3.63, 3.8) is 0 Å². The molecule has 5 rings (SSSR count). The Labute approximate surface area is 165 Å². The van der Waals surface area contributed by atoms with E-state index in [0.29, 0.717) is 5.56 Å². The highest BCUT2D eigenvalue weighted by atomic mass is 32.1. The van der Waals surface area contributed by atoms with Crippen molar-refractivity contribution in [2.75, 3.05) is 5.32 Å². The predicted molar refractivity (Wildman–Crippen MR) is 114 cm³/mol. The average molecular weight is 384 g/mol. The number of aromatic amines is 1. The first-order valence-corrected chi connectivity index (χ1v) is 9.71. The highest BCUT2D eigenvalue weighted by Gasteiger charge is 2.14. The molecule has 2 aromatic carbocycles. The molecule has 5 nitrogen and oxygen atoms in total. The summed E-state index contributed by atoms with van der Waals surface area (Å²) in [5, 5.41) is 4.86. The van der Waals surface area contributed by atoms with Crippen LogP contribution in [0.2, 0.25) is 0 Å². The summed E-state index contributed by atoms with van der Waals surface area (Å²) in [6.45, 7) is 1.99. The van der Waals surface area contributed by atoms with Gasteiger partial charge in [0, 0.05) is 34.5 Å². The fraction of sp³-hybridized carbons (Fsp3) is 0.0455. The maximum Gasteiger partial charge on any atom is 0.257 e. The lowest BCUT2D eigenvalue weighted by atomic mass is 10.1. The molecule has 3 aromatic heterocycles. The number of fused-ring (bicyclic) bond motifs is 2. The van der Waals surface area contributed by atoms with Gasteiger partial charge in [0.25, 0.3) is 5.91 Å². The number of H-pyrrole nitrogens is 1. The van der Waals surface area contributed by atoms with E-state index in [2.05, 4.69) is 20.3 Å². The van der Waals surface area contributed by atoms with Gasteiger partial charge in [0.1, 0.15) is 15.4 Å². The number of para-hydroxylation sites is 1. The van der Waals surface area contributed by atoms with Crippen molar-refractivity contribution < 1.29 is 4.79 Å². The SMILES string of the molecule is Cc1cc(-c2nc3cccnc3s2)ccc1NC(=O)c1c[nH]c2ccccc12. The van der Waals surface area contributed by atoms with Crippen LogP contribution in [-0.2, 0) is 0 Å². The highest BCUT2D eigenvalue weighted by Crippen LogP contribution is 2.31. The quantitative estimate of drug-likeness (QED) is 0.437. The van der Waals surface area contributed by atoms with E-state index in [-0.39, 0.29) is 5.91 Å². The number of nitrogens with zero attached hydrogens (tertiary/aromatic N) is 2. The van der Waals surface area contributed by atoms with E-state index >= 15 is 0 Å². The lowest BCUT2D eigenvalue weighted by Gasteiger charge is -2.09. The van der Waals surface area contributed by atoms with E-state index in [9.17, 15) is 4.79 Å². The summed E-state index contributed by atoms with van der Waals surface area (Å²) < 4.78 is 0. The number of aryl methyl sites for hydroxylation is 1. The van der Waals surface area contributed by atoms with Crippen LogP contribution in [-0.4, -0.2) is 20.9 Å². The zero-order valence-corrected chi connectivity index (χ0v) is 15.9. The normalized spacial score (nSPS) is 11.2. The molecule has 0 unspecified atom stereocenters. The molecule has 0 aliphatic heterocycles. The molecular formula is C22H16N4OS. The van der Waals surface area contributed by atoms with E-state index in [1.807, 2.05) is 61.5 Å². The molecule has 0 saturated carbocycles. The van der Waals surface area contributed by atoms with E-state index in [1.54, 1.807) is 23.7 Å². The Morgan fingerprint density at radius 1 is 1.11 bits per heavy atom. The topological polar surface area (TPSA) is 70.7 Å². The minimum Gasteiger partial charge on any atom is -0.360 e. The van der Waals surface area contributed by atoms with Gasteiger partial charge in [-0.2, -0.15) is 0 Å². The molecule has 0 aliphatic carbocycles. The molecule has 28 heavy (non-hydrogen) atoms. The molecule has 0 fully saturated rings. The molecule has 0 aliphatic rings. The van der Waals surface area contributed by atoms with Gasteiger partial charge in [-0.1, -0.05) is 29.5 Å². The number of nitrogens with one attached hydrogen (secondary N) is 2. The zero-order valence-electron chi connectivity index (χ0n) is 15.1. The van der Waals surface area contributed by atoms with E-state index < -0.39 is 0 Å². The zero-order chi connectivity index (χ0) is 19.1. The molecule has 0 saturated heterocycles. The number of thiazole rings is 1. The van der Waals surface area contributed by atoms with Gasteiger partial charge < -0.3 is 10.3 Å². The van der Waals surface area contributed by atoms with Gasteiger partial charge in [0.05, 0.1) is 5.56 Å². The van der Waals surface area contributed by atoms with Gasteiger partial charge in [-0.3, -0.25) is 4.79 Å². The molecule has 3 heterocycles. The third-order valence-corrected chi connectivity index (χ3v) is 5.75. The Bertz CT molecular complexity index is 1300. The summed E-state index contributed by atoms with van der Waals surface area (Å²) in [5.41, 5.74) is 5.28. The van der Waals surface area contributed by atoms with Gasteiger partial charge >= 0.3 is 0 Å². The lowest BCUT2D eigenvalue weighted by Crippen LogP contribution is -2.12. The largest absolute Gasteiger partial charge is 0.360 e.